The third kappa shape index (κ3) is 1.57. The normalized spacial score (nSPS) is 34.6. The first-order valence-corrected chi connectivity index (χ1v) is 4.26. The van der Waals surface area contributed by atoms with Crippen LogP contribution in [0.5, 0.6) is 0 Å². The smallest absolute Gasteiger partial charge is 0.0834 e. The standard InChI is InChI=1S/C9H19NO/c1-8(2,3)9(11)5-6-10(4)7-9/h11H,5-7H2,1-4H3. The van der Waals surface area contributed by atoms with E-state index >= 15 is 0 Å². The van der Waals surface area contributed by atoms with Crippen molar-refractivity contribution in [3.05, 3.63) is 0 Å². The van der Waals surface area contributed by atoms with Crippen molar-refractivity contribution in [1.29, 1.82) is 0 Å². The minimum Gasteiger partial charge on any atom is -0.388 e. The molecule has 2 heteroatoms. The highest BCUT2D eigenvalue weighted by atomic mass is 16.3. The molecular weight excluding hydrogens is 138 g/mol. The molecule has 2 nitrogen and oxygen atoms in total. The second kappa shape index (κ2) is 2.46. The van der Waals surface area contributed by atoms with E-state index in [9.17, 15) is 5.11 Å². The van der Waals surface area contributed by atoms with Crippen LogP contribution in [0, 0.1) is 5.41 Å². The zero-order chi connectivity index (χ0) is 8.70. The molecule has 0 spiro atoms. The zero-order valence-corrected chi connectivity index (χ0v) is 8.02. The fraction of sp³-hybridized carbons (Fsp3) is 1.00. The van der Waals surface area contributed by atoms with E-state index in [2.05, 4.69) is 32.7 Å². The van der Waals surface area contributed by atoms with E-state index in [0.717, 1.165) is 19.5 Å². The van der Waals surface area contributed by atoms with E-state index in [0.29, 0.717) is 0 Å². The molecule has 0 aromatic carbocycles. The SMILES string of the molecule is CN1CCC(O)(C(C)(C)C)C1. The van der Waals surface area contributed by atoms with Crippen LogP contribution in [0.25, 0.3) is 0 Å². The van der Waals surface area contributed by atoms with E-state index in [1.54, 1.807) is 0 Å². The van der Waals surface area contributed by atoms with E-state index < -0.39 is 5.60 Å². The predicted octanol–water partition coefficient (Wildman–Crippen LogP) is 1.10. The second-order valence-corrected chi connectivity index (χ2v) is 4.77. The Morgan fingerprint density at radius 1 is 1.36 bits per heavy atom. The Hall–Kier alpha value is -0.0800. The Labute approximate surface area is 69.2 Å². The molecule has 1 aliphatic rings. The molecule has 1 N–H and O–H groups in total. The topological polar surface area (TPSA) is 23.5 Å². The summed E-state index contributed by atoms with van der Waals surface area (Å²) < 4.78 is 0. The maximum absolute atomic E-state index is 10.2. The maximum atomic E-state index is 10.2. The predicted molar refractivity (Wildman–Crippen MR) is 46.5 cm³/mol. The van der Waals surface area contributed by atoms with Gasteiger partial charge in [0.25, 0.3) is 0 Å². The van der Waals surface area contributed by atoms with Crippen molar-refractivity contribution in [2.24, 2.45) is 5.41 Å². The van der Waals surface area contributed by atoms with Crippen LogP contribution in [0.15, 0.2) is 0 Å². The van der Waals surface area contributed by atoms with Crippen molar-refractivity contribution in [2.45, 2.75) is 32.8 Å². The van der Waals surface area contributed by atoms with Gasteiger partial charge in [0.1, 0.15) is 0 Å². The number of hydrogen-bond acceptors (Lipinski definition) is 2. The van der Waals surface area contributed by atoms with Crippen LogP contribution in [0.3, 0.4) is 0 Å². The number of rotatable bonds is 0. The second-order valence-electron chi connectivity index (χ2n) is 4.77. The highest BCUT2D eigenvalue weighted by Gasteiger charge is 2.44. The Bertz CT molecular complexity index is 150. The van der Waals surface area contributed by atoms with Crippen molar-refractivity contribution in [3.8, 4) is 0 Å². The van der Waals surface area contributed by atoms with Gasteiger partial charge >= 0.3 is 0 Å². The third-order valence-corrected chi connectivity index (χ3v) is 2.83. The summed E-state index contributed by atoms with van der Waals surface area (Å²) in [4.78, 5) is 2.19. The molecule has 1 atom stereocenters. The molecule has 0 aromatic rings. The van der Waals surface area contributed by atoms with Gasteiger partial charge in [0.15, 0.2) is 0 Å². The third-order valence-electron chi connectivity index (χ3n) is 2.83. The molecule has 1 aliphatic heterocycles. The Kier molecular flexibility index (Phi) is 2.01. The van der Waals surface area contributed by atoms with Crippen molar-refractivity contribution >= 4 is 0 Å². The number of likely N-dealkylation sites (N-methyl/N-ethyl adjacent to an activating group) is 1. The first-order valence-electron chi connectivity index (χ1n) is 4.26. The van der Waals surface area contributed by atoms with Gasteiger partial charge in [-0.2, -0.15) is 0 Å². The zero-order valence-electron chi connectivity index (χ0n) is 8.02. The fourth-order valence-corrected chi connectivity index (χ4v) is 1.59. The molecule has 1 rings (SSSR count). The van der Waals surface area contributed by atoms with Gasteiger partial charge in [0.05, 0.1) is 5.60 Å². The minimum atomic E-state index is -0.470. The van der Waals surface area contributed by atoms with E-state index in [4.69, 9.17) is 0 Å². The summed E-state index contributed by atoms with van der Waals surface area (Å²) in [6, 6.07) is 0. The van der Waals surface area contributed by atoms with Gasteiger partial charge in [0.2, 0.25) is 0 Å². The number of aliphatic hydroxyl groups is 1. The van der Waals surface area contributed by atoms with Crippen LogP contribution in [-0.4, -0.2) is 35.7 Å². The molecule has 0 aromatic heterocycles. The summed E-state index contributed by atoms with van der Waals surface area (Å²) in [5, 5.41) is 10.2. The van der Waals surface area contributed by atoms with E-state index in [-0.39, 0.29) is 5.41 Å². The van der Waals surface area contributed by atoms with Crippen LogP contribution >= 0.6 is 0 Å². The Balaban J connectivity index is 2.69. The van der Waals surface area contributed by atoms with Gasteiger partial charge in [0, 0.05) is 13.1 Å². The molecule has 1 fully saturated rings. The van der Waals surface area contributed by atoms with Crippen molar-refractivity contribution < 1.29 is 5.11 Å². The average Bonchev–Trinajstić information content (AvgIpc) is 2.10. The van der Waals surface area contributed by atoms with Crippen molar-refractivity contribution in [2.75, 3.05) is 20.1 Å². The van der Waals surface area contributed by atoms with E-state index in [1.165, 1.54) is 0 Å². The molecule has 11 heavy (non-hydrogen) atoms. The van der Waals surface area contributed by atoms with Gasteiger partial charge in [-0.1, -0.05) is 20.8 Å². The van der Waals surface area contributed by atoms with E-state index in [1.807, 2.05) is 0 Å². The molecule has 0 radical (unpaired) electrons. The summed E-state index contributed by atoms with van der Waals surface area (Å²) in [7, 11) is 2.06. The van der Waals surface area contributed by atoms with Crippen LogP contribution in [0.4, 0.5) is 0 Å². The summed E-state index contributed by atoms with van der Waals surface area (Å²) in [6.07, 6.45) is 0.910. The lowest BCUT2D eigenvalue weighted by Gasteiger charge is -2.36. The highest BCUT2D eigenvalue weighted by Crippen LogP contribution is 2.37. The lowest BCUT2D eigenvalue weighted by Crippen LogP contribution is -2.44. The molecule has 1 saturated heterocycles. The lowest BCUT2D eigenvalue weighted by molar-refractivity contribution is -0.0460. The fourth-order valence-electron chi connectivity index (χ4n) is 1.59. The molecule has 1 heterocycles. The Morgan fingerprint density at radius 3 is 2.09 bits per heavy atom. The van der Waals surface area contributed by atoms with Crippen LogP contribution in [-0.2, 0) is 0 Å². The molecule has 66 valence electrons. The number of nitrogens with zero attached hydrogens (tertiary/aromatic N) is 1. The molecule has 0 aliphatic carbocycles. The molecule has 1 unspecified atom stereocenters. The van der Waals surface area contributed by atoms with Gasteiger partial charge < -0.3 is 10.0 Å². The summed E-state index contributed by atoms with van der Waals surface area (Å²) in [6.45, 7) is 8.15. The first-order chi connectivity index (χ1) is 4.85. The monoisotopic (exact) mass is 157 g/mol. The summed E-state index contributed by atoms with van der Waals surface area (Å²) in [5.41, 5.74) is -0.459. The van der Waals surface area contributed by atoms with Crippen molar-refractivity contribution in [1.82, 2.24) is 4.90 Å². The van der Waals surface area contributed by atoms with Gasteiger partial charge in [-0.3, -0.25) is 0 Å². The number of hydrogen-bond donors (Lipinski definition) is 1. The highest BCUT2D eigenvalue weighted by molar-refractivity contribution is 4.97. The van der Waals surface area contributed by atoms with Crippen LogP contribution in [0.2, 0.25) is 0 Å². The first kappa shape index (κ1) is 9.01. The number of β-amino-alcohol motifs (C(OH)–C–C–N with tert-alkyl or cyclic N) is 1. The lowest BCUT2D eigenvalue weighted by atomic mass is 9.76. The Morgan fingerprint density at radius 2 is 1.91 bits per heavy atom. The van der Waals surface area contributed by atoms with Crippen LogP contribution in [0.1, 0.15) is 27.2 Å². The molecule has 0 saturated carbocycles. The summed E-state index contributed by atoms with van der Waals surface area (Å²) in [5.74, 6) is 0. The molecule has 0 amide bonds. The number of likely N-dealkylation sites (tertiary alicyclic amines) is 1. The van der Waals surface area contributed by atoms with Crippen molar-refractivity contribution in [3.63, 3.8) is 0 Å². The van der Waals surface area contributed by atoms with Gasteiger partial charge in [-0.25, -0.2) is 0 Å². The molecular formula is C9H19NO. The van der Waals surface area contributed by atoms with Gasteiger partial charge in [-0.05, 0) is 18.9 Å². The largest absolute Gasteiger partial charge is 0.388 e. The maximum Gasteiger partial charge on any atom is 0.0834 e. The van der Waals surface area contributed by atoms with Gasteiger partial charge in [-0.15, -0.1) is 0 Å². The molecule has 0 bridgehead atoms. The quantitative estimate of drug-likeness (QED) is 0.569. The average molecular weight is 157 g/mol. The summed E-state index contributed by atoms with van der Waals surface area (Å²) >= 11 is 0. The van der Waals surface area contributed by atoms with Crippen LogP contribution < -0.4 is 0 Å². The minimum absolute atomic E-state index is 0.0117.